The number of halogens is 5. The van der Waals surface area contributed by atoms with E-state index >= 15 is 0 Å². The van der Waals surface area contributed by atoms with Crippen molar-refractivity contribution in [3.8, 4) is 5.75 Å². The maximum atomic E-state index is 13.8. The number of esters is 1. The van der Waals surface area contributed by atoms with Crippen molar-refractivity contribution < 1.29 is 19.1 Å². The number of aryl methyl sites for hydroxylation is 1. The van der Waals surface area contributed by atoms with Crippen LogP contribution in [-0.4, -0.2) is 37.5 Å². The van der Waals surface area contributed by atoms with Crippen LogP contribution < -0.4 is 20.5 Å². The third-order valence-electron chi connectivity index (χ3n) is 5.61. The van der Waals surface area contributed by atoms with Crippen molar-refractivity contribution in [2.45, 2.75) is 20.0 Å². The Morgan fingerprint density at radius 1 is 1.03 bits per heavy atom. The lowest BCUT2D eigenvalue weighted by molar-refractivity contribution is -0.121. The molecule has 1 fully saturated rings. The minimum absolute atomic E-state index is 0.0732. The van der Waals surface area contributed by atoms with Gasteiger partial charge in [0.1, 0.15) is 17.0 Å². The fourth-order valence-corrected chi connectivity index (χ4v) is 4.98. The van der Waals surface area contributed by atoms with E-state index < -0.39 is 18.0 Å². The molecule has 0 saturated carbocycles. The second-order valence-corrected chi connectivity index (χ2v) is 10.1. The molecular weight excluding hydrogens is 610 g/mol. The molecule has 2 N–H and O–H groups in total. The highest BCUT2D eigenvalue weighted by Gasteiger charge is 2.43. The Bertz CT molecular complexity index is 1450. The van der Waals surface area contributed by atoms with Gasteiger partial charge in [-0.1, -0.05) is 75.7 Å². The second kappa shape index (κ2) is 12.1. The van der Waals surface area contributed by atoms with Crippen LogP contribution >= 0.6 is 58.0 Å². The Morgan fingerprint density at radius 3 is 2.26 bits per heavy atom. The van der Waals surface area contributed by atoms with Crippen molar-refractivity contribution in [3.63, 3.8) is 0 Å². The summed E-state index contributed by atoms with van der Waals surface area (Å²) in [7, 11) is 1.75. The summed E-state index contributed by atoms with van der Waals surface area (Å²) >= 11 is 32.3. The SMILES string of the molecule is CCOC(=O)c1c(Cl)c(Cl)c(N2NC(=Nc3cc(NC)ccc3Cl)C(Oc3ccc(C)cc3)C2=O)c(Cl)c1Cl. The van der Waals surface area contributed by atoms with Gasteiger partial charge in [0.2, 0.25) is 6.10 Å². The molecule has 1 saturated heterocycles. The predicted octanol–water partition coefficient (Wildman–Crippen LogP) is 7.51. The number of nitrogens with one attached hydrogen (secondary N) is 2. The molecule has 0 spiro atoms. The van der Waals surface area contributed by atoms with E-state index in [1.165, 1.54) is 0 Å². The van der Waals surface area contributed by atoms with Crippen molar-refractivity contribution in [1.29, 1.82) is 0 Å². The molecule has 1 heterocycles. The third kappa shape index (κ3) is 5.85. The van der Waals surface area contributed by atoms with Crippen LogP contribution in [0.1, 0.15) is 22.8 Å². The van der Waals surface area contributed by atoms with E-state index in [1.54, 1.807) is 44.3 Å². The van der Waals surface area contributed by atoms with Gasteiger partial charge < -0.3 is 14.8 Å². The first-order valence-corrected chi connectivity index (χ1v) is 13.4. The fraction of sp³-hybridized carbons (Fsp3) is 0.192. The molecule has 13 heteroatoms. The Balaban J connectivity index is 1.83. The molecule has 0 bridgehead atoms. The summed E-state index contributed by atoms with van der Waals surface area (Å²) in [4.78, 5) is 30.8. The standard InChI is InChI=1S/C26H21Cl5N4O4/c1-4-38-26(37)17-18(28)20(30)22(21(31)19(17)29)35-25(36)23(39-14-8-5-12(2)6-9-14)24(34-35)33-16-11-13(32-3)7-10-15(16)27/h5-11,23,32H,4H2,1-3H3,(H,33,34). The van der Waals surface area contributed by atoms with Crippen molar-refractivity contribution in [1.82, 2.24) is 5.43 Å². The van der Waals surface area contributed by atoms with E-state index in [9.17, 15) is 9.59 Å². The monoisotopic (exact) mass is 628 g/mol. The molecule has 39 heavy (non-hydrogen) atoms. The van der Waals surface area contributed by atoms with Gasteiger partial charge in [-0.15, -0.1) is 0 Å². The average molecular weight is 631 g/mol. The minimum atomic E-state index is -1.25. The van der Waals surface area contributed by atoms with E-state index in [-0.39, 0.29) is 43.8 Å². The molecule has 3 aromatic rings. The molecule has 8 nitrogen and oxygen atoms in total. The number of hydrogen-bond acceptors (Lipinski definition) is 6. The van der Waals surface area contributed by atoms with Crippen molar-refractivity contribution >= 4 is 92.8 Å². The van der Waals surface area contributed by atoms with Gasteiger partial charge in [0, 0.05) is 12.7 Å². The molecule has 0 aliphatic carbocycles. The lowest BCUT2D eigenvalue weighted by Gasteiger charge is -2.21. The molecule has 204 valence electrons. The van der Waals surface area contributed by atoms with Crippen LogP contribution in [0, 0.1) is 6.92 Å². The highest BCUT2D eigenvalue weighted by atomic mass is 35.5. The van der Waals surface area contributed by atoms with E-state index in [0.29, 0.717) is 16.5 Å². The Kier molecular flexibility index (Phi) is 9.03. The summed E-state index contributed by atoms with van der Waals surface area (Å²) in [5.41, 5.74) is 4.69. The number of aliphatic imine (C=N–C) groups is 1. The van der Waals surface area contributed by atoms with E-state index in [1.807, 2.05) is 19.1 Å². The molecule has 1 unspecified atom stereocenters. The Hall–Kier alpha value is -2.88. The van der Waals surface area contributed by atoms with E-state index in [2.05, 4.69) is 15.7 Å². The van der Waals surface area contributed by atoms with Gasteiger partial charge in [-0.3, -0.25) is 10.2 Å². The molecule has 1 aliphatic rings. The van der Waals surface area contributed by atoms with Crippen LogP contribution in [0.3, 0.4) is 0 Å². The highest BCUT2D eigenvalue weighted by molar-refractivity contribution is 6.53. The lowest BCUT2D eigenvalue weighted by atomic mass is 10.2. The maximum Gasteiger partial charge on any atom is 0.341 e. The van der Waals surface area contributed by atoms with Gasteiger partial charge in [-0.25, -0.2) is 14.8 Å². The Labute approximate surface area is 249 Å². The predicted molar refractivity (Wildman–Crippen MR) is 157 cm³/mol. The Morgan fingerprint density at radius 2 is 1.67 bits per heavy atom. The molecule has 0 radical (unpaired) electrons. The van der Waals surface area contributed by atoms with Gasteiger partial charge in [0.25, 0.3) is 5.91 Å². The third-order valence-corrected chi connectivity index (χ3v) is 7.62. The summed E-state index contributed by atoms with van der Waals surface area (Å²) in [6, 6.07) is 12.3. The van der Waals surface area contributed by atoms with Crippen molar-refractivity contribution in [2.24, 2.45) is 4.99 Å². The van der Waals surface area contributed by atoms with Crippen LogP contribution in [-0.2, 0) is 9.53 Å². The van der Waals surface area contributed by atoms with Crippen LogP contribution in [0.2, 0.25) is 25.1 Å². The molecule has 1 amide bonds. The fourth-order valence-electron chi connectivity index (χ4n) is 3.65. The van der Waals surface area contributed by atoms with Crippen LogP contribution in [0.15, 0.2) is 47.5 Å². The lowest BCUT2D eigenvalue weighted by Crippen LogP contribution is -2.37. The van der Waals surface area contributed by atoms with E-state index in [4.69, 9.17) is 67.5 Å². The molecule has 0 aromatic heterocycles. The normalized spacial score (nSPS) is 15.9. The number of rotatable bonds is 7. The van der Waals surface area contributed by atoms with Crippen molar-refractivity contribution in [2.75, 3.05) is 24.0 Å². The first-order valence-electron chi connectivity index (χ1n) is 11.5. The van der Waals surface area contributed by atoms with Gasteiger partial charge in [0.05, 0.1) is 37.4 Å². The zero-order valence-corrected chi connectivity index (χ0v) is 24.5. The number of amidine groups is 1. The number of hydrazine groups is 1. The van der Waals surface area contributed by atoms with Crippen LogP contribution in [0.25, 0.3) is 0 Å². The zero-order chi connectivity index (χ0) is 28.4. The van der Waals surface area contributed by atoms with Crippen LogP contribution in [0.5, 0.6) is 5.75 Å². The number of benzene rings is 3. The number of anilines is 2. The largest absolute Gasteiger partial charge is 0.472 e. The van der Waals surface area contributed by atoms with Crippen molar-refractivity contribution in [3.05, 3.63) is 78.7 Å². The molecule has 4 rings (SSSR count). The number of carbonyl (C=O) groups is 2. The molecule has 1 atom stereocenters. The quantitative estimate of drug-likeness (QED) is 0.207. The van der Waals surface area contributed by atoms with Gasteiger partial charge >= 0.3 is 5.97 Å². The summed E-state index contributed by atoms with van der Waals surface area (Å²) in [5.74, 6) is -0.943. The van der Waals surface area contributed by atoms with Crippen LogP contribution in [0.4, 0.5) is 17.1 Å². The number of nitrogens with zero attached hydrogens (tertiary/aromatic N) is 2. The van der Waals surface area contributed by atoms with E-state index in [0.717, 1.165) is 16.3 Å². The van der Waals surface area contributed by atoms with Gasteiger partial charge in [-0.05, 0) is 44.2 Å². The van der Waals surface area contributed by atoms with Gasteiger partial charge in [0.15, 0.2) is 5.84 Å². The summed E-state index contributed by atoms with van der Waals surface area (Å²) < 4.78 is 11.1. The minimum Gasteiger partial charge on any atom is -0.472 e. The average Bonchev–Trinajstić information content (AvgIpc) is 3.20. The zero-order valence-electron chi connectivity index (χ0n) is 20.7. The number of carbonyl (C=O) groups excluding carboxylic acids is 2. The molecule has 3 aromatic carbocycles. The molecular formula is C26H21Cl5N4O4. The first-order chi connectivity index (χ1) is 18.6. The summed E-state index contributed by atoms with van der Waals surface area (Å²) in [6.07, 6.45) is -1.25. The maximum absolute atomic E-state index is 13.8. The molecule has 1 aliphatic heterocycles. The van der Waals surface area contributed by atoms with Gasteiger partial charge in [-0.2, -0.15) is 0 Å². The number of ether oxygens (including phenoxy) is 2. The first kappa shape index (κ1) is 29.1. The topological polar surface area (TPSA) is 92.3 Å². The summed E-state index contributed by atoms with van der Waals surface area (Å²) in [6.45, 7) is 3.62. The number of hydrogen-bond donors (Lipinski definition) is 2. The smallest absolute Gasteiger partial charge is 0.341 e. The summed E-state index contributed by atoms with van der Waals surface area (Å²) in [5, 5.41) is 3.48. The number of amides is 1. The highest BCUT2D eigenvalue weighted by Crippen LogP contribution is 2.47. The second-order valence-electron chi connectivity index (χ2n) is 8.21.